The molecule has 6 nitrogen and oxygen atoms in total. The lowest BCUT2D eigenvalue weighted by atomic mass is 10.0. The largest absolute Gasteiger partial charge is 0.798 e. The van der Waals surface area contributed by atoms with Crippen LogP contribution in [0.25, 0.3) is 10.9 Å². The zero-order valence-corrected chi connectivity index (χ0v) is 16.7. The van der Waals surface area contributed by atoms with E-state index in [0.717, 1.165) is 42.7 Å². The van der Waals surface area contributed by atoms with Crippen LogP contribution in [0.15, 0.2) is 23.1 Å². The summed E-state index contributed by atoms with van der Waals surface area (Å²) in [6.45, 7) is 7.49. The normalized spacial score (nSPS) is 22.0. The van der Waals surface area contributed by atoms with E-state index < -0.39 is 18.9 Å². The van der Waals surface area contributed by atoms with Gasteiger partial charge in [0, 0.05) is 36.4 Å². The molecular weight excluding hydrogens is 381 g/mol. The van der Waals surface area contributed by atoms with Crippen LogP contribution in [0.5, 0.6) is 0 Å². The van der Waals surface area contributed by atoms with Crippen molar-refractivity contribution in [2.75, 3.05) is 18.0 Å². The Morgan fingerprint density at radius 2 is 1.86 bits per heavy atom. The number of morpholine rings is 1. The van der Waals surface area contributed by atoms with Gasteiger partial charge in [0.15, 0.2) is 0 Å². The van der Waals surface area contributed by atoms with Gasteiger partial charge in [-0.15, -0.1) is 0 Å². The van der Waals surface area contributed by atoms with Gasteiger partial charge in [0.25, 0.3) is 0 Å². The number of rotatable bonds is 4. The fraction of sp³-hybridized carbons (Fsp3) is 0.500. The summed E-state index contributed by atoms with van der Waals surface area (Å²) in [5, 5.41) is 0.344. The number of aryl methyl sites for hydroxylation is 1. The van der Waals surface area contributed by atoms with E-state index in [-0.39, 0.29) is 23.8 Å². The lowest BCUT2D eigenvalue weighted by molar-refractivity contribution is -0.00524. The van der Waals surface area contributed by atoms with Gasteiger partial charge in [0.1, 0.15) is 5.56 Å². The molecule has 2 fully saturated rings. The first-order valence-electron chi connectivity index (χ1n) is 9.84. The van der Waals surface area contributed by atoms with E-state index in [4.69, 9.17) is 4.74 Å². The zero-order valence-electron chi connectivity index (χ0n) is 16.7. The van der Waals surface area contributed by atoms with Crippen LogP contribution < -0.4 is 10.3 Å². The van der Waals surface area contributed by atoms with Gasteiger partial charge in [-0.2, -0.15) is 0 Å². The predicted molar refractivity (Wildman–Crippen MR) is 107 cm³/mol. The fourth-order valence-corrected chi connectivity index (χ4v) is 4.26. The zero-order chi connectivity index (χ0) is 20.9. The van der Waals surface area contributed by atoms with Gasteiger partial charge < -0.3 is 18.9 Å². The monoisotopic (exact) mass is 404 g/mol. The number of benzene rings is 1. The first-order chi connectivity index (χ1) is 13.8. The molecule has 1 saturated carbocycles. The smallest absolute Gasteiger partial charge is 0.474 e. The molecule has 1 aromatic heterocycles. The minimum absolute atomic E-state index is 0.0889. The summed E-state index contributed by atoms with van der Waals surface area (Å²) in [4.78, 5) is 27.2. The summed E-state index contributed by atoms with van der Waals surface area (Å²) >= 11 is 0. The summed E-state index contributed by atoms with van der Waals surface area (Å²) in [6, 6.07) is 3.69. The quantitative estimate of drug-likeness (QED) is 0.732. The van der Waals surface area contributed by atoms with Gasteiger partial charge in [-0.1, -0.05) is 0 Å². The van der Waals surface area contributed by atoms with E-state index in [1.807, 2.05) is 31.4 Å². The number of ether oxygens (including phenoxy) is 1. The highest BCUT2D eigenvalue weighted by Crippen LogP contribution is 2.39. The molecular formula is C20H23BF2N2O4. The number of fused-ring (bicyclic) bond motifs is 1. The van der Waals surface area contributed by atoms with Crippen molar-refractivity contribution in [2.24, 2.45) is 0 Å². The number of anilines is 1. The molecule has 9 heteroatoms. The molecule has 4 rings (SSSR count). The van der Waals surface area contributed by atoms with Crippen LogP contribution in [0.2, 0.25) is 0 Å². The van der Waals surface area contributed by atoms with Gasteiger partial charge in [0.2, 0.25) is 5.43 Å². The standard InChI is InChI=1S/C20H23BF2N2O4/c1-11-8-24(9-12(2)28-11)17-7-6-15-18(13(17)3)25(14-4-5-14)10-16(19(15)26)20(27)29-21(22)23/h6-7,10-12,14H,4-5,8-9H2,1-3H3. The Balaban J connectivity index is 1.86. The number of aromatic nitrogens is 1. The summed E-state index contributed by atoms with van der Waals surface area (Å²) in [5.41, 5.74) is 1.75. The lowest BCUT2D eigenvalue weighted by Crippen LogP contribution is -2.45. The Labute approximate surface area is 167 Å². The van der Waals surface area contributed by atoms with Gasteiger partial charge in [-0.05, 0) is 51.3 Å². The van der Waals surface area contributed by atoms with Crippen molar-refractivity contribution in [3.8, 4) is 0 Å². The lowest BCUT2D eigenvalue weighted by Gasteiger charge is -2.38. The third-order valence-corrected chi connectivity index (χ3v) is 5.53. The number of carbonyl (C=O) groups is 1. The number of nitrogens with zero attached hydrogens (tertiary/aromatic N) is 2. The Morgan fingerprint density at radius 1 is 1.21 bits per heavy atom. The van der Waals surface area contributed by atoms with Crippen LogP contribution in [-0.2, 0) is 9.39 Å². The Kier molecular flexibility index (Phi) is 5.10. The number of pyridine rings is 1. The fourth-order valence-electron chi connectivity index (χ4n) is 4.26. The average Bonchev–Trinajstić information content (AvgIpc) is 3.46. The van der Waals surface area contributed by atoms with Crippen molar-refractivity contribution >= 4 is 30.0 Å². The van der Waals surface area contributed by atoms with Crippen molar-refractivity contribution in [3.63, 3.8) is 0 Å². The molecule has 1 saturated heterocycles. The molecule has 0 bridgehead atoms. The third kappa shape index (κ3) is 3.75. The third-order valence-electron chi connectivity index (χ3n) is 5.53. The number of carbonyl (C=O) groups excluding carboxylic acids is 1. The summed E-state index contributed by atoms with van der Waals surface area (Å²) < 4.78 is 36.7. The van der Waals surface area contributed by atoms with Crippen LogP contribution in [0.3, 0.4) is 0 Å². The molecule has 154 valence electrons. The molecule has 2 aromatic rings. The number of halogens is 2. The van der Waals surface area contributed by atoms with Gasteiger partial charge >= 0.3 is 13.4 Å². The highest BCUT2D eigenvalue weighted by atomic mass is 19.2. The topological polar surface area (TPSA) is 60.8 Å². The van der Waals surface area contributed by atoms with Crippen LogP contribution in [0.4, 0.5) is 14.3 Å². The van der Waals surface area contributed by atoms with Crippen LogP contribution in [0, 0.1) is 6.92 Å². The molecule has 0 radical (unpaired) electrons. The summed E-state index contributed by atoms with van der Waals surface area (Å²) in [7, 11) is -3.26. The first-order valence-corrected chi connectivity index (χ1v) is 9.84. The summed E-state index contributed by atoms with van der Waals surface area (Å²) in [6.07, 6.45) is 3.39. The van der Waals surface area contributed by atoms with E-state index in [2.05, 4.69) is 9.55 Å². The molecule has 2 atom stereocenters. The SMILES string of the molecule is Cc1c(N2CC(C)OC(C)C2)ccc2c(=O)c(C(=O)OB(F)F)cn(C3CC3)c12. The maximum absolute atomic E-state index is 12.9. The van der Waals surface area contributed by atoms with Crippen LogP contribution in [0.1, 0.15) is 48.7 Å². The van der Waals surface area contributed by atoms with E-state index in [1.165, 1.54) is 6.20 Å². The minimum atomic E-state index is -3.26. The van der Waals surface area contributed by atoms with Gasteiger partial charge in [-0.3, -0.25) is 4.79 Å². The second-order valence-electron chi connectivity index (χ2n) is 7.94. The molecule has 1 aliphatic carbocycles. The van der Waals surface area contributed by atoms with Crippen molar-refractivity contribution in [2.45, 2.75) is 51.9 Å². The summed E-state index contributed by atoms with van der Waals surface area (Å²) in [5.74, 6) is -1.29. The van der Waals surface area contributed by atoms with E-state index in [0.29, 0.717) is 5.39 Å². The number of hydrogen-bond donors (Lipinski definition) is 0. The molecule has 2 heterocycles. The predicted octanol–water partition coefficient (Wildman–Crippen LogP) is 3.34. The Hall–Kier alpha value is -2.42. The van der Waals surface area contributed by atoms with Gasteiger partial charge in [-0.25, -0.2) is 13.4 Å². The van der Waals surface area contributed by atoms with Crippen molar-refractivity contribution in [3.05, 3.63) is 39.7 Å². The molecule has 1 aliphatic heterocycles. The van der Waals surface area contributed by atoms with E-state index in [1.54, 1.807) is 6.07 Å². The highest BCUT2D eigenvalue weighted by Gasteiger charge is 2.31. The second kappa shape index (κ2) is 7.44. The Bertz CT molecular complexity index is 1010. The van der Waals surface area contributed by atoms with Crippen molar-refractivity contribution in [1.82, 2.24) is 4.57 Å². The van der Waals surface area contributed by atoms with Crippen LogP contribution in [-0.4, -0.2) is 43.3 Å². The minimum Gasteiger partial charge on any atom is -0.474 e. The molecule has 0 amide bonds. The average molecular weight is 404 g/mol. The molecule has 0 N–H and O–H groups in total. The van der Waals surface area contributed by atoms with E-state index >= 15 is 0 Å². The van der Waals surface area contributed by atoms with E-state index in [9.17, 15) is 18.2 Å². The van der Waals surface area contributed by atoms with Crippen molar-refractivity contribution in [1.29, 1.82) is 0 Å². The second-order valence-corrected chi connectivity index (χ2v) is 7.94. The maximum Gasteiger partial charge on any atom is 0.798 e. The molecule has 0 spiro atoms. The van der Waals surface area contributed by atoms with Gasteiger partial charge in [0.05, 0.1) is 17.7 Å². The molecule has 1 aromatic carbocycles. The number of hydrogen-bond acceptors (Lipinski definition) is 5. The first kappa shape index (κ1) is 19.9. The Morgan fingerprint density at radius 3 is 2.45 bits per heavy atom. The highest BCUT2D eigenvalue weighted by molar-refractivity contribution is 6.38. The molecule has 29 heavy (non-hydrogen) atoms. The van der Waals surface area contributed by atoms with Crippen LogP contribution >= 0.6 is 0 Å². The van der Waals surface area contributed by atoms with Crippen molar-refractivity contribution < 1.29 is 22.8 Å². The molecule has 2 aliphatic rings. The molecule has 2 unspecified atom stereocenters. The maximum atomic E-state index is 12.9.